The molecule has 0 saturated carbocycles. The zero-order valence-corrected chi connectivity index (χ0v) is 11.9. The summed E-state index contributed by atoms with van der Waals surface area (Å²) in [5, 5.41) is 5.22. The fourth-order valence-corrected chi connectivity index (χ4v) is 1.88. The maximum absolute atomic E-state index is 13.7. The second-order valence-corrected chi connectivity index (χ2v) is 4.66. The average Bonchev–Trinajstić information content (AvgIpc) is 2.44. The molecule has 0 bridgehead atoms. The van der Waals surface area contributed by atoms with E-state index in [-0.39, 0.29) is 16.8 Å². The molecule has 1 aromatic carbocycles. The molecule has 2 rings (SSSR count). The van der Waals surface area contributed by atoms with Crippen LogP contribution in [0.5, 0.6) is 0 Å². The first kappa shape index (κ1) is 14.9. The summed E-state index contributed by atoms with van der Waals surface area (Å²) in [7, 11) is 1.66. The number of aromatic nitrogens is 1. The summed E-state index contributed by atoms with van der Waals surface area (Å²) in [4.78, 5) is 16.2. The van der Waals surface area contributed by atoms with Crippen LogP contribution < -0.4 is 10.6 Å². The van der Waals surface area contributed by atoms with Crippen molar-refractivity contribution in [3.63, 3.8) is 0 Å². The summed E-state index contributed by atoms with van der Waals surface area (Å²) in [6.07, 6.45) is 1.39. The topological polar surface area (TPSA) is 54.0 Å². The van der Waals surface area contributed by atoms with Crippen molar-refractivity contribution >= 4 is 17.3 Å². The molecule has 0 aliphatic heterocycles. The fourth-order valence-electron chi connectivity index (χ4n) is 1.88. The lowest BCUT2D eigenvalue weighted by atomic mass is 10.1. The Morgan fingerprint density at radius 3 is 2.48 bits per heavy atom. The van der Waals surface area contributed by atoms with Gasteiger partial charge < -0.3 is 10.6 Å². The third-order valence-electron chi connectivity index (χ3n) is 3.05. The van der Waals surface area contributed by atoms with Crippen LogP contribution in [0.4, 0.5) is 20.2 Å². The zero-order valence-electron chi connectivity index (χ0n) is 11.9. The molecule has 1 heterocycles. The van der Waals surface area contributed by atoms with Crippen LogP contribution in [-0.4, -0.2) is 17.9 Å². The highest BCUT2D eigenvalue weighted by atomic mass is 19.1. The Labute approximate surface area is 121 Å². The van der Waals surface area contributed by atoms with E-state index in [4.69, 9.17) is 0 Å². The largest absolute Gasteiger partial charge is 0.387 e. The van der Waals surface area contributed by atoms with Gasteiger partial charge in [-0.05, 0) is 31.5 Å². The van der Waals surface area contributed by atoms with Gasteiger partial charge in [0.05, 0.1) is 16.9 Å². The molecule has 1 amide bonds. The van der Waals surface area contributed by atoms with Crippen molar-refractivity contribution < 1.29 is 13.6 Å². The van der Waals surface area contributed by atoms with Crippen molar-refractivity contribution in [2.75, 3.05) is 17.7 Å². The standard InChI is InChI=1S/C15H15F2N3O/c1-8-4-12(17)14(6-11(8)16)20-15(21)10-7-19-9(2)5-13(10)18-3/h4-7H,1-3H3,(H,18,19)(H,20,21). The lowest BCUT2D eigenvalue weighted by molar-refractivity contribution is 0.102. The Bertz CT molecular complexity index is 702. The summed E-state index contributed by atoms with van der Waals surface area (Å²) in [6.45, 7) is 3.24. The number of hydrogen-bond acceptors (Lipinski definition) is 3. The molecule has 21 heavy (non-hydrogen) atoms. The third kappa shape index (κ3) is 3.16. The minimum absolute atomic E-state index is 0.179. The normalized spacial score (nSPS) is 10.3. The predicted octanol–water partition coefficient (Wildman–Crippen LogP) is 3.27. The van der Waals surface area contributed by atoms with Crippen LogP contribution in [0.15, 0.2) is 24.4 Å². The minimum Gasteiger partial charge on any atom is -0.387 e. The van der Waals surface area contributed by atoms with Gasteiger partial charge in [0.25, 0.3) is 5.91 Å². The van der Waals surface area contributed by atoms with E-state index in [2.05, 4.69) is 15.6 Å². The number of carbonyl (C=O) groups excluding carboxylic acids is 1. The monoisotopic (exact) mass is 291 g/mol. The Morgan fingerprint density at radius 2 is 1.81 bits per heavy atom. The van der Waals surface area contributed by atoms with Crippen molar-refractivity contribution in [3.05, 3.63) is 52.9 Å². The lowest BCUT2D eigenvalue weighted by Crippen LogP contribution is -2.16. The highest BCUT2D eigenvalue weighted by Gasteiger charge is 2.15. The molecule has 0 atom stereocenters. The molecule has 4 nitrogen and oxygen atoms in total. The molecule has 110 valence electrons. The SMILES string of the molecule is CNc1cc(C)ncc1C(=O)Nc1cc(F)c(C)cc1F. The van der Waals surface area contributed by atoms with Crippen molar-refractivity contribution in [1.29, 1.82) is 0 Å². The van der Waals surface area contributed by atoms with Gasteiger partial charge in [-0.15, -0.1) is 0 Å². The summed E-state index contributed by atoms with van der Waals surface area (Å²) in [5.41, 5.74) is 1.53. The summed E-state index contributed by atoms with van der Waals surface area (Å²) >= 11 is 0. The predicted molar refractivity (Wildman–Crippen MR) is 77.6 cm³/mol. The van der Waals surface area contributed by atoms with Gasteiger partial charge in [0, 0.05) is 25.0 Å². The van der Waals surface area contributed by atoms with Crippen LogP contribution in [0.2, 0.25) is 0 Å². The van der Waals surface area contributed by atoms with Gasteiger partial charge in [-0.3, -0.25) is 9.78 Å². The van der Waals surface area contributed by atoms with Crippen molar-refractivity contribution in [2.24, 2.45) is 0 Å². The number of pyridine rings is 1. The van der Waals surface area contributed by atoms with Gasteiger partial charge in [0.15, 0.2) is 0 Å². The maximum atomic E-state index is 13.7. The second-order valence-electron chi connectivity index (χ2n) is 4.66. The molecule has 0 aliphatic rings. The summed E-state index contributed by atoms with van der Waals surface area (Å²) in [6, 6.07) is 3.70. The van der Waals surface area contributed by atoms with Crippen molar-refractivity contribution in [1.82, 2.24) is 4.98 Å². The molecule has 2 N–H and O–H groups in total. The van der Waals surface area contributed by atoms with Crippen LogP contribution in [0.3, 0.4) is 0 Å². The Kier molecular flexibility index (Phi) is 4.16. The maximum Gasteiger partial charge on any atom is 0.259 e. The molecule has 6 heteroatoms. The van der Waals surface area contributed by atoms with Crippen molar-refractivity contribution in [3.8, 4) is 0 Å². The van der Waals surface area contributed by atoms with E-state index in [0.29, 0.717) is 5.69 Å². The number of amides is 1. The van der Waals surface area contributed by atoms with E-state index in [1.165, 1.54) is 13.1 Å². The fraction of sp³-hybridized carbons (Fsp3) is 0.200. The van der Waals surface area contributed by atoms with E-state index in [1.807, 2.05) is 0 Å². The number of nitrogens with one attached hydrogen (secondary N) is 2. The molecular weight excluding hydrogens is 276 g/mol. The number of carbonyl (C=O) groups is 1. The number of nitrogens with zero attached hydrogens (tertiary/aromatic N) is 1. The zero-order chi connectivity index (χ0) is 15.6. The van der Waals surface area contributed by atoms with Gasteiger partial charge in [-0.2, -0.15) is 0 Å². The van der Waals surface area contributed by atoms with E-state index >= 15 is 0 Å². The lowest BCUT2D eigenvalue weighted by Gasteiger charge is -2.11. The third-order valence-corrected chi connectivity index (χ3v) is 3.05. The van der Waals surface area contributed by atoms with E-state index in [1.54, 1.807) is 20.0 Å². The minimum atomic E-state index is -0.687. The van der Waals surface area contributed by atoms with Gasteiger partial charge in [0.2, 0.25) is 0 Å². The Hall–Kier alpha value is -2.50. The van der Waals surface area contributed by atoms with Crippen LogP contribution in [-0.2, 0) is 0 Å². The summed E-state index contributed by atoms with van der Waals surface area (Å²) < 4.78 is 27.2. The summed E-state index contributed by atoms with van der Waals surface area (Å²) in [5.74, 6) is -1.83. The molecule has 2 aromatic rings. The van der Waals surface area contributed by atoms with Crippen molar-refractivity contribution in [2.45, 2.75) is 13.8 Å². The molecule has 0 unspecified atom stereocenters. The first-order valence-electron chi connectivity index (χ1n) is 6.33. The van der Waals surface area contributed by atoms with Crippen LogP contribution >= 0.6 is 0 Å². The molecule has 0 saturated heterocycles. The Morgan fingerprint density at radius 1 is 1.10 bits per heavy atom. The molecule has 0 radical (unpaired) electrons. The first-order chi connectivity index (χ1) is 9.92. The van der Waals surface area contributed by atoms with Gasteiger partial charge in [0.1, 0.15) is 11.6 Å². The van der Waals surface area contributed by atoms with Gasteiger partial charge in [-0.25, -0.2) is 8.78 Å². The van der Waals surface area contributed by atoms with E-state index in [9.17, 15) is 13.6 Å². The highest BCUT2D eigenvalue weighted by molar-refractivity contribution is 6.07. The van der Waals surface area contributed by atoms with Gasteiger partial charge >= 0.3 is 0 Å². The number of anilines is 2. The van der Waals surface area contributed by atoms with Gasteiger partial charge in [-0.1, -0.05) is 0 Å². The number of benzene rings is 1. The average molecular weight is 291 g/mol. The first-order valence-corrected chi connectivity index (χ1v) is 6.33. The van der Waals surface area contributed by atoms with E-state index < -0.39 is 17.5 Å². The smallest absolute Gasteiger partial charge is 0.259 e. The number of aryl methyl sites for hydroxylation is 2. The number of halogens is 2. The second kappa shape index (κ2) is 5.87. The Balaban J connectivity index is 2.32. The number of hydrogen-bond donors (Lipinski definition) is 2. The molecule has 1 aromatic heterocycles. The highest BCUT2D eigenvalue weighted by Crippen LogP contribution is 2.21. The molecular formula is C15H15F2N3O. The quantitative estimate of drug-likeness (QED) is 0.912. The van der Waals surface area contributed by atoms with Crippen LogP contribution in [0, 0.1) is 25.5 Å². The number of rotatable bonds is 3. The van der Waals surface area contributed by atoms with Crippen LogP contribution in [0.1, 0.15) is 21.6 Å². The molecule has 0 fully saturated rings. The van der Waals surface area contributed by atoms with Crippen LogP contribution in [0.25, 0.3) is 0 Å². The molecule has 0 aliphatic carbocycles. The van der Waals surface area contributed by atoms with E-state index in [0.717, 1.165) is 17.8 Å². The molecule has 0 spiro atoms.